The van der Waals surface area contributed by atoms with E-state index in [4.69, 9.17) is 5.73 Å². The summed E-state index contributed by atoms with van der Waals surface area (Å²) in [7, 11) is 0. The van der Waals surface area contributed by atoms with E-state index in [0.717, 1.165) is 27.9 Å². The van der Waals surface area contributed by atoms with Crippen LogP contribution in [0.1, 0.15) is 5.82 Å². The molecule has 0 aliphatic rings. The molecule has 0 atom stereocenters. The number of nitrogen functional groups attached to an aromatic ring is 1. The maximum absolute atomic E-state index is 5.83. The summed E-state index contributed by atoms with van der Waals surface area (Å²) in [6.07, 6.45) is 1.73. The highest BCUT2D eigenvalue weighted by Gasteiger charge is 2.10. The molecule has 0 aromatic carbocycles. The summed E-state index contributed by atoms with van der Waals surface area (Å²) >= 11 is 0. The maximum Gasteiger partial charge on any atom is 0.150 e. The second-order valence-electron chi connectivity index (χ2n) is 3.41. The van der Waals surface area contributed by atoms with Gasteiger partial charge in [-0.2, -0.15) is 0 Å². The summed E-state index contributed by atoms with van der Waals surface area (Å²) in [5.74, 6) is 1.28. The Labute approximate surface area is 85.4 Å². The lowest BCUT2D eigenvalue weighted by molar-refractivity contribution is 1.17. The Morgan fingerprint density at radius 2 is 2.13 bits per heavy atom. The number of rotatable bonds is 0. The normalized spacial score (nSPS) is 11.3. The smallest absolute Gasteiger partial charge is 0.150 e. The standard InChI is InChI=1S/C10H9N5/c1-5-13-8-7-6(3-2-4-12-7)15-10(11)9(8)14-5/h2-4H,1H3,(H2,11,15)(H,13,14). The van der Waals surface area contributed by atoms with Crippen molar-refractivity contribution in [3.8, 4) is 0 Å². The first-order valence-corrected chi connectivity index (χ1v) is 4.62. The third kappa shape index (κ3) is 1.06. The number of anilines is 1. The van der Waals surface area contributed by atoms with Crippen LogP contribution in [-0.2, 0) is 0 Å². The molecule has 5 nitrogen and oxygen atoms in total. The molecule has 3 heterocycles. The summed E-state index contributed by atoms with van der Waals surface area (Å²) < 4.78 is 0. The summed E-state index contributed by atoms with van der Waals surface area (Å²) in [5, 5.41) is 0. The predicted molar refractivity (Wildman–Crippen MR) is 58.3 cm³/mol. The van der Waals surface area contributed by atoms with Crippen molar-refractivity contribution in [3.05, 3.63) is 24.2 Å². The molecule has 0 saturated heterocycles. The van der Waals surface area contributed by atoms with Gasteiger partial charge in [0.05, 0.1) is 5.52 Å². The molecule has 3 rings (SSSR count). The molecule has 0 aliphatic carbocycles. The van der Waals surface area contributed by atoms with Crippen molar-refractivity contribution in [3.63, 3.8) is 0 Å². The van der Waals surface area contributed by atoms with Crippen LogP contribution in [0.2, 0.25) is 0 Å². The van der Waals surface area contributed by atoms with E-state index in [2.05, 4.69) is 19.9 Å². The second-order valence-corrected chi connectivity index (χ2v) is 3.41. The van der Waals surface area contributed by atoms with E-state index in [1.165, 1.54) is 0 Å². The van der Waals surface area contributed by atoms with E-state index in [0.29, 0.717) is 5.82 Å². The molecule has 0 fully saturated rings. The van der Waals surface area contributed by atoms with E-state index in [9.17, 15) is 0 Å². The van der Waals surface area contributed by atoms with Gasteiger partial charge in [-0.3, -0.25) is 4.98 Å². The largest absolute Gasteiger partial charge is 0.382 e. The van der Waals surface area contributed by atoms with Gasteiger partial charge in [0, 0.05) is 6.20 Å². The van der Waals surface area contributed by atoms with Crippen LogP contribution in [0, 0.1) is 6.92 Å². The molecule has 0 amide bonds. The molecule has 74 valence electrons. The first-order valence-electron chi connectivity index (χ1n) is 4.62. The van der Waals surface area contributed by atoms with Gasteiger partial charge < -0.3 is 10.7 Å². The Morgan fingerprint density at radius 3 is 3.00 bits per heavy atom. The molecule has 0 radical (unpaired) electrons. The topological polar surface area (TPSA) is 80.5 Å². The Morgan fingerprint density at radius 1 is 1.27 bits per heavy atom. The van der Waals surface area contributed by atoms with Gasteiger partial charge in [0.15, 0.2) is 0 Å². The summed E-state index contributed by atoms with van der Waals surface area (Å²) in [5.41, 5.74) is 8.93. The highest BCUT2D eigenvalue weighted by Crippen LogP contribution is 2.23. The molecular weight excluding hydrogens is 190 g/mol. The fraction of sp³-hybridized carbons (Fsp3) is 0.100. The lowest BCUT2D eigenvalue weighted by Gasteiger charge is -1.99. The van der Waals surface area contributed by atoms with Crippen molar-refractivity contribution in [2.45, 2.75) is 6.92 Å². The third-order valence-electron chi connectivity index (χ3n) is 2.33. The van der Waals surface area contributed by atoms with E-state index >= 15 is 0 Å². The van der Waals surface area contributed by atoms with Crippen LogP contribution >= 0.6 is 0 Å². The molecule has 0 aliphatic heterocycles. The number of aromatic nitrogens is 4. The fourth-order valence-electron chi connectivity index (χ4n) is 1.70. The van der Waals surface area contributed by atoms with E-state index < -0.39 is 0 Å². The molecule has 3 aromatic heterocycles. The second kappa shape index (κ2) is 2.66. The van der Waals surface area contributed by atoms with Gasteiger partial charge >= 0.3 is 0 Å². The highest BCUT2D eigenvalue weighted by atomic mass is 15.0. The minimum atomic E-state index is 0.464. The number of H-pyrrole nitrogens is 1. The number of hydrogen-bond acceptors (Lipinski definition) is 4. The molecule has 3 aromatic rings. The maximum atomic E-state index is 5.83. The van der Waals surface area contributed by atoms with E-state index in [-0.39, 0.29) is 0 Å². The lowest BCUT2D eigenvalue weighted by Crippen LogP contribution is -1.93. The monoisotopic (exact) mass is 199 g/mol. The van der Waals surface area contributed by atoms with Crippen molar-refractivity contribution in [1.29, 1.82) is 0 Å². The zero-order valence-corrected chi connectivity index (χ0v) is 8.15. The van der Waals surface area contributed by atoms with Crippen molar-refractivity contribution in [1.82, 2.24) is 19.9 Å². The van der Waals surface area contributed by atoms with Crippen molar-refractivity contribution < 1.29 is 0 Å². The number of pyridine rings is 2. The number of nitrogens with zero attached hydrogens (tertiary/aromatic N) is 3. The molecule has 15 heavy (non-hydrogen) atoms. The van der Waals surface area contributed by atoms with E-state index in [1.54, 1.807) is 6.20 Å². The van der Waals surface area contributed by atoms with Crippen LogP contribution in [-0.4, -0.2) is 19.9 Å². The van der Waals surface area contributed by atoms with Crippen LogP contribution in [0.15, 0.2) is 18.3 Å². The highest BCUT2D eigenvalue weighted by molar-refractivity contribution is 6.03. The first kappa shape index (κ1) is 8.16. The molecule has 0 bridgehead atoms. The van der Waals surface area contributed by atoms with Gasteiger partial charge in [-0.25, -0.2) is 9.97 Å². The Hall–Kier alpha value is -2.17. The summed E-state index contributed by atoms with van der Waals surface area (Å²) in [6.45, 7) is 1.88. The number of nitrogens with one attached hydrogen (secondary N) is 1. The third-order valence-corrected chi connectivity index (χ3v) is 2.33. The zero-order chi connectivity index (χ0) is 10.4. The minimum Gasteiger partial charge on any atom is -0.382 e. The molecule has 0 unspecified atom stereocenters. The number of nitrogens with two attached hydrogens (primary N) is 1. The van der Waals surface area contributed by atoms with E-state index in [1.807, 2.05) is 19.1 Å². The number of imidazole rings is 1. The van der Waals surface area contributed by atoms with Crippen LogP contribution in [0.3, 0.4) is 0 Å². The van der Waals surface area contributed by atoms with Gasteiger partial charge in [-0.05, 0) is 19.1 Å². The SMILES string of the molecule is Cc1nc2c([nH]1)c(N)nc1cccnc12. The van der Waals surface area contributed by atoms with Gasteiger partial charge in [0.1, 0.15) is 28.2 Å². The van der Waals surface area contributed by atoms with Crippen molar-refractivity contribution in [2.75, 3.05) is 5.73 Å². The lowest BCUT2D eigenvalue weighted by atomic mass is 10.3. The molecule has 3 N–H and O–H groups in total. The average Bonchev–Trinajstić information content (AvgIpc) is 2.61. The van der Waals surface area contributed by atoms with Crippen LogP contribution < -0.4 is 5.73 Å². The number of aryl methyl sites for hydroxylation is 1. The quantitative estimate of drug-likeness (QED) is 0.573. The Bertz CT molecular complexity index is 655. The molecule has 0 spiro atoms. The molecule has 0 saturated carbocycles. The van der Waals surface area contributed by atoms with Gasteiger partial charge in [0.2, 0.25) is 0 Å². The minimum absolute atomic E-state index is 0.464. The predicted octanol–water partition coefficient (Wildman–Crippen LogP) is 1.40. The van der Waals surface area contributed by atoms with Crippen molar-refractivity contribution in [2.24, 2.45) is 0 Å². The summed E-state index contributed by atoms with van der Waals surface area (Å²) in [6, 6.07) is 3.71. The van der Waals surface area contributed by atoms with Crippen LogP contribution in [0.5, 0.6) is 0 Å². The summed E-state index contributed by atoms with van der Waals surface area (Å²) in [4.78, 5) is 16.0. The zero-order valence-electron chi connectivity index (χ0n) is 8.15. The van der Waals surface area contributed by atoms with Crippen molar-refractivity contribution >= 4 is 27.9 Å². The van der Waals surface area contributed by atoms with Gasteiger partial charge in [-0.15, -0.1) is 0 Å². The van der Waals surface area contributed by atoms with Crippen LogP contribution in [0.25, 0.3) is 22.1 Å². The number of fused-ring (bicyclic) bond motifs is 3. The average molecular weight is 199 g/mol. The first-order chi connectivity index (χ1) is 7.25. The Kier molecular flexibility index (Phi) is 1.45. The molecule has 5 heteroatoms. The number of aromatic amines is 1. The fourth-order valence-corrected chi connectivity index (χ4v) is 1.70. The van der Waals surface area contributed by atoms with Gasteiger partial charge in [-0.1, -0.05) is 0 Å². The Balaban J connectivity index is 2.63. The van der Waals surface area contributed by atoms with Gasteiger partial charge in [0.25, 0.3) is 0 Å². The number of hydrogen-bond donors (Lipinski definition) is 2. The van der Waals surface area contributed by atoms with Crippen LogP contribution in [0.4, 0.5) is 5.82 Å². The molecular formula is C10H9N5.